The summed E-state index contributed by atoms with van der Waals surface area (Å²) in [5.41, 5.74) is 1.01. The van der Waals surface area contributed by atoms with Crippen LogP contribution in [0, 0.1) is 0 Å². The highest BCUT2D eigenvalue weighted by Crippen LogP contribution is 2.28. The molecule has 1 amide bonds. The van der Waals surface area contributed by atoms with Crippen LogP contribution in [-0.2, 0) is 6.54 Å². The maximum atomic E-state index is 12.2. The van der Waals surface area contributed by atoms with E-state index in [2.05, 4.69) is 10.1 Å². The van der Waals surface area contributed by atoms with Crippen LogP contribution >= 0.6 is 0 Å². The summed E-state index contributed by atoms with van der Waals surface area (Å²) in [5, 5.41) is 2.69. The summed E-state index contributed by atoms with van der Waals surface area (Å²) in [4.78, 5) is 12.2. The molecule has 5 nitrogen and oxygen atoms in total. The molecular formula is C18H18F3NO4. The Morgan fingerprint density at radius 2 is 1.77 bits per heavy atom. The molecular weight excluding hydrogens is 351 g/mol. The van der Waals surface area contributed by atoms with Gasteiger partial charge in [0.25, 0.3) is 5.91 Å². The van der Waals surface area contributed by atoms with Gasteiger partial charge in [-0.3, -0.25) is 4.79 Å². The van der Waals surface area contributed by atoms with Crippen molar-refractivity contribution in [1.82, 2.24) is 5.32 Å². The number of alkyl halides is 3. The molecule has 8 heteroatoms. The average Bonchev–Trinajstić information content (AvgIpc) is 2.60. The first kappa shape index (κ1) is 19.4. The van der Waals surface area contributed by atoms with E-state index in [1.54, 1.807) is 18.2 Å². The lowest BCUT2D eigenvalue weighted by atomic mass is 10.1. The molecule has 2 rings (SSSR count). The zero-order valence-electron chi connectivity index (χ0n) is 14.2. The van der Waals surface area contributed by atoms with Gasteiger partial charge in [0.1, 0.15) is 5.75 Å². The number of halogens is 3. The maximum absolute atomic E-state index is 12.2. The zero-order valence-corrected chi connectivity index (χ0v) is 14.2. The van der Waals surface area contributed by atoms with Crippen LogP contribution < -0.4 is 19.5 Å². The van der Waals surface area contributed by atoms with Crippen molar-refractivity contribution in [2.75, 3.05) is 13.7 Å². The highest BCUT2D eigenvalue weighted by Gasteiger charge is 2.30. The highest BCUT2D eigenvalue weighted by atomic mass is 19.4. The molecule has 1 N–H and O–H groups in total. The monoisotopic (exact) mass is 369 g/mol. The first-order valence-electron chi connectivity index (χ1n) is 7.76. The summed E-state index contributed by atoms with van der Waals surface area (Å²) in [6, 6.07) is 10.1. The van der Waals surface area contributed by atoms with Crippen molar-refractivity contribution in [1.29, 1.82) is 0 Å². The summed E-state index contributed by atoms with van der Waals surface area (Å²) in [6.07, 6.45) is -4.73. The Morgan fingerprint density at radius 1 is 1.08 bits per heavy atom. The van der Waals surface area contributed by atoms with Crippen molar-refractivity contribution in [3.63, 3.8) is 0 Å². The molecule has 2 aromatic rings. The molecule has 0 atom stereocenters. The largest absolute Gasteiger partial charge is 0.573 e. The van der Waals surface area contributed by atoms with Gasteiger partial charge < -0.3 is 19.5 Å². The standard InChI is InChI=1S/C18H18F3NO4/c1-3-25-15-9-6-13(10-16(15)24-2)17(23)22-11-12-4-7-14(8-5-12)26-18(19,20)21/h4-10H,3,11H2,1-2H3,(H,22,23). The maximum Gasteiger partial charge on any atom is 0.573 e. The van der Waals surface area contributed by atoms with Crippen molar-refractivity contribution < 1.29 is 32.2 Å². The molecule has 0 aromatic heterocycles. The summed E-state index contributed by atoms with van der Waals surface area (Å²) >= 11 is 0. The van der Waals surface area contributed by atoms with Gasteiger partial charge >= 0.3 is 6.36 Å². The van der Waals surface area contributed by atoms with E-state index >= 15 is 0 Å². The number of nitrogens with one attached hydrogen (secondary N) is 1. The van der Waals surface area contributed by atoms with Gasteiger partial charge in [0.05, 0.1) is 13.7 Å². The molecule has 0 spiro atoms. The number of rotatable bonds is 7. The van der Waals surface area contributed by atoms with Crippen LogP contribution in [0.5, 0.6) is 17.2 Å². The first-order valence-corrected chi connectivity index (χ1v) is 7.76. The number of carbonyl (C=O) groups excluding carboxylic acids is 1. The molecule has 0 saturated carbocycles. The zero-order chi connectivity index (χ0) is 19.2. The van der Waals surface area contributed by atoms with Crippen LogP contribution in [0.4, 0.5) is 13.2 Å². The second-order valence-electron chi connectivity index (χ2n) is 5.17. The second-order valence-corrected chi connectivity index (χ2v) is 5.17. The molecule has 0 aliphatic rings. The van der Waals surface area contributed by atoms with E-state index in [-0.39, 0.29) is 18.2 Å². The molecule has 0 bridgehead atoms. The van der Waals surface area contributed by atoms with Gasteiger partial charge in [-0.2, -0.15) is 0 Å². The van der Waals surface area contributed by atoms with Gasteiger partial charge in [0.15, 0.2) is 11.5 Å². The predicted octanol–water partition coefficient (Wildman–Crippen LogP) is 3.92. The summed E-state index contributed by atoms with van der Waals surface area (Å²) < 4.78 is 50.7. The molecule has 0 radical (unpaired) electrons. The van der Waals surface area contributed by atoms with Gasteiger partial charge in [-0.25, -0.2) is 0 Å². The normalized spacial score (nSPS) is 11.0. The Bertz CT molecular complexity index is 745. The van der Waals surface area contributed by atoms with Gasteiger partial charge in [0, 0.05) is 12.1 Å². The molecule has 0 unspecified atom stereocenters. The third-order valence-electron chi connectivity index (χ3n) is 3.34. The lowest BCUT2D eigenvalue weighted by molar-refractivity contribution is -0.274. The molecule has 2 aromatic carbocycles. The first-order chi connectivity index (χ1) is 12.3. The third kappa shape index (κ3) is 5.58. The Kier molecular flexibility index (Phi) is 6.32. The number of methoxy groups -OCH3 is 1. The van der Waals surface area contributed by atoms with Crippen LogP contribution in [0.25, 0.3) is 0 Å². The van der Waals surface area contributed by atoms with Crippen LogP contribution in [0.3, 0.4) is 0 Å². The minimum absolute atomic E-state index is 0.153. The number of benzene rings is 2. The summed E-state index contributed by atoms with van der Waals surface area (Å²) in [6.45, 7) is 2.46. The van der Waals surface area contributed by atoms with Crippen molar-refractivity contribution in [3.05, 3.63) is 53.6 Å². The number of carbonyl (C=O) groups is 1. The Morgan fingerprint density at radius 3 is 2.35 bits per heavy atom. The van der Waals surface area contributed by atoms with Gasteiger partial charge in [-0.1, -0.05) is 12.1 Å². The Balaban J connectivity index is 1.98. The van der Waals surface area contributed by atoms with Gasteiger partial charge in [0.2, 0.25) is 0 Å². The summed E-state index contributed by atoms with van der Waals surface area (Å²) in [7, 11) is 1.48. The SMILES string of the molecule is CCOc1ccc(C(=O)NCc2ccc(OC(F)(F)F)cc2)cc1OC. The molecule has 0 heterocycles. The molecule has 140 valence electrons. The predicted molar refractivity (Wildman–Crippen MR) is 88.5 cm³/mol. The van der Waals surface area contributed by atoms with E-state index in [9.17, 15) is 18.0 Å². The van der Waals surface area contributed by atoms with E-state index in [4.69, 9.17) is 9.47 Å². The molecule has 0 aliphatic carbocycles. The number of hydrogen-bond acceptors (Lipinski definition) is 4. The van der Waals surface area contributed by atoms with E-state index in [0.29, 0.717) is 29.2 Å². The highest BCUT2D eigenvalue weighted by molar-refractivity contribution is 5.94. The quantitative estimate of drug-likeness (QED) is 0.804. The Hall–Kier alpha value is -2.90. The van der Waals surface area contributed by atoms with Crippen molar-refractivity contribution in [2.45, 2.75) is 19.8 Å². The lowest BCUT2D eigenvalue weighted by Crippen LogP contribution is -2.23. The van der Waals surface area contributed by atoms with Crippen LogP contribution in [0.1, 0.15) is 22.8 Å². The second kappa shape index (κ2) is 8.46. The van der Waals surface area contributed by atoms with Crippen molar-refractivity contribution in [3.8, 4) is 17.2 Å². The van der Waals surface area contributed by atoms with E-state index < -0.39 is 6.36 Å². The van der Waals surface area contributed by atoms with Crippen LogP contribution in [0.2, 0.25) is 0 Å². The fraction of sp³-hybridized carbons (Fsp3) is 0.278. The number of ether oxygens (including phenoxy) is 3. The fourth-order valence-electron chi connectivity index (χ4n) is 2.18. The van der Waals surface area contributed by atoms with Crippen molar-refractivity contribution >= 4 is 5.91 Å². The summed E-state index contributed by atoms with van der Waals surface area (Å²) in [5.74, 6) is 0.311. The molecule has 0 aliphatic heterocycles. The van der Waals surface area contributed by atoms with E-state index in [1.807, 2.05) is 6.92 Å². The van der Waals surface area contributed by atoms with E-state index in [0.717, 1.165) is 0 Å². The topological polar surface area (TPSA) is 56.8 Å². The molecule has 0 saturated heterocycles. The fourth-order valence-corrected chi connectivity index (χ4v) is 2.18. The van der Waals surface area contributed by atoms with Gasteiger partial charge in [-0.05, 0) is 42.8 Å². The number of amides is 1. The van der Waals surface area contributed by atoms with Crippen LogP contribution in [0.15, 0.2) is 42.5 Å². The van der Waals surface area contributed by atoms with Crippen molar-refractivity contribution in [2.24, 2.45) is 0 Å². The average molecular weight is 369 g/mol. The smallest absolute Gasteiger partial charge is 0.493 e. The molecule has 0 fully saturated rings. The minimum atomic E-state index is -4.73. The lowest BCUT2D eigenvalue weighted by Gasteiger charge is -2.12. The third-order valence-corrected chi connectivity index (χ3v) is 3.34. The Labute approximate surface area is 148 Å². The van der Waals surface area contributed by atoms with Gasteiger partial charge in [-0.15, -0.1) is 13.2 Å². The minimum Gasteiger partial charge on any atom is -0.493 e. The van der Waals surface area contributed by atoms with Crippen LogP contribution in [-0.4, -0.2) is 26.0 Å². The number of hydrogen-bond donors (Lipinski definition) is 1. The molecule has 26 heavy (non-hydrogen) atoms. The van der Waals surface area contributed by atoms with E-state index in [1.165, 1.54) is 31.4 Å².